The van der Waals surface area contributed by atoms with Gasteiger partial charge in [0.15, 0.2) is 5.69 Å². The molecular weight excluding hydrogens is 573 g/mol. The van der Waals surface area contributed by atoms with Crippen LogP contribution in [0.3, 0.4) is 0 Å². The summed E-state index contributed by atoms with van der Waals surface area (Å²) in [6.45, 7) is 11.3. The highest BCUT2D eigenvalue weighted by molar-refractivity contribution is 6.35. The van der Waals surface area contributed by atoms with E-state index in [1.807, 2.05) is 39.8 Å². The monoisotopic (exact) mass is 605 g/mol. The minimum absolute atomic E-state index is 0.191. The lowest BCUT2D eigenvalue weighted by Crippen LogP contribution is -2.51. The second kappa shape index (κ2) is 12.4. The summed E-state index contributed by atoms with van der Waals surface area (Å²) in [6.07, 6.45) is -0.289. The molecule has 1 aliphatic rings. The number of benzene rings is 2. The van der Waals surface area contributed by atoms with E-state index in [1.54, 1.807) is 51.9 Å². The number of carbonyl (C=O) groups excluding carboxylic acids is 2. The predicted octanol–water partition coefficient (Wildman–Crippen LogP) is 6.43. The Morgan fingerprint density at radius 3 is 2.20 bits per heavy atom. The number of ether oxygens (including phenoxy) is 1. The van der Waals surface area contributed by atoms with Gasteiger partial charge in [0, 0.05) is 67.5 Å². The van der Waals surface area contributed by atoms with Gasteiger partial charge in [-0.3, -0.25) is 9.69 Å². The number of hydrogen-bond donors (Lipinski definition) is 0. The molecule has 2 heterocycles. The Balaban J connectivity index is 1.49. The Morgan fingerprint density at radius 2 is 1.60 bits per heavy atom. The molecule has 1 saturated heterocycles. The normalized spacial score (nSPS) is 14.3. The van der Waals surface area contributed by atoms with Crippen LogP contribution in [-0.2, 0) is 4.74 Å². The molecule has 2 aromatic carbocycles. The van der Waals surface area contributed by atoms with Gasteiger partial charge >= 0.3 is 6.09 Å². The fourth-order valence-corrected chi connectivity index (χ4v) is 5.14. The Morgan fingerprint density at radius 1 is 0.975 bits per heavy atom. The summed E-state index contributed by atoms with van der Waals surface area (Å²) < 4.78 is 7.17. The largest absolute Gasteiger partial charge is 0.444 e. The van der Waals surface area contributed by atoms with Crippen molar-refractivity contribution in [3.8, 4) is 16.9 Å². The molecule has 40 heavy (non-hydrogen) atoms. The minimum Gasteiger partial charge on any atom is -0.444 e. The number of piperazine rings is 1. The van der Waals surface area contributed by atoms with Crippen molar-refractivity contribution in [2.75, 3.05) is 46.3 Å². The van der Waals surface area contributed by atoms with Crippen molar-refractivity contribution in [3.63, 3.8) is 0 Å². The third-order valence-electron chi connectivity index (χ3n) is 6.70. The summed E-state index contributed by atoms with van der Waals surface area (Å²) >= 11 is 18.8. The molecule has 214 valence electrons. The average Bonchev–Trinajstić information content (AvgIpc) is 3.23. The zero-order valence-electron chi connectivity index (χ0n) is 23.4. The van der Waals surface area contributed by atoms with Crippen LogP contribution >= 0.6 is 34.8 Å². The van der Waals surface area contributed by atoms with E-state index in [4.69, 9.17) is 44.6 Å². The lowest BCUT2D eigenvalue weighted by molar-refractivity contribution is 0.0141. The van der Waals surface area contributed by atoms with Crippen molar-refractivity contribution in [1.29, 1.82) is 0 Å². The summed E-state index contributed by atoms with van der Waals surface area (Å²) in [5, 5.41) is 6.28. The summed E-state index contributed by atoms with van der Waals surface area (Å²) in [4.78, 5) is 31.6. The fraction of sp³-hybridized carbons (Fsp3) is 0.414. The molecule has 1 fully saturated rings. The quantitative estimate of drug-likeness (QED) is 0.323. The number of likely N-dealkylation sites (N-methyl/N-ethyl adjacent to an activating group) is 1. The highest BCUT2D eigenvalue weighted by Gasteiger charge is 2.28. The van der Waals surface area contributed by atoms with Gasteiger partial charge in [-0.15, -0.1) is 0 Å². The van der Waals surface area contributed by atoms with Crippen molar-refractivity contribution >= 4 is 46.8 Å². The molecule has 1 aliphatic heterocycles. The molecule has 11 heteroatoms. The zero-order chi connectivity index (χ0) is 29.2. The number of rotatable bonds is 6. The third-order valence-corrected chi connectivity index (χ3v) is 7.49. The van der Waals surface area contributed by atoms with Crippen molar-refractivity contribution < 1.29 is 14.3 Å². The van der Waals surface area contributed by atoms with Gasteiger partial charge in [0.25, 0.3) is 5.91 Å². The fourth-order valence-electron chi connectivity index (χ4n) is 4.53. The van der Waals surface area contributed by atoms with Crippen LogP contribution < -0.4 is 0 Å². The Kier molecular flexibility index (Phi) is 9.35. The summed E-state index contributed by atoms with van der Waals surface area (Å²) in [7, 11) is 1.77. The van der Waals surface area contributed by atoms with Crippen LogP contribution in [0.2, 0.25) is 15.1 Å². The minimum atomic E-state index is -0.519. The number of carbonyl (C=O) groups is 2. The molecule has 2 amide bonds. The smallest absolute Gasteiger partial charge is 0.410 e. The van der Waals surface area contributed by atoms with E-state index in [2.05, 4.69) is 4.90 Å². The maximum atomic E-state index is 13.6. The Labute approximate surface area is 250 Å². The number of amides is 2. The Hall–Kier alpha value is -2.78. The highest BCUT2D eigenvalue weighted by atomic mass is 35.5. The van der Waals surface area contributed by atoms with Gasteiger partial charge in [-0.2, -0.15) is 5.10 Å². The topological polar surface area (TPSA) is 70.9 Å². The van der Waals surface area contributed by atoms with Gasteiger partial charge < -0.3 is 14.5 Å². The average molecular weight is 607 g/mol. The SMILES string of the molecule is Cc1c(C(=O)N(C)CCN2CCN(C(=O)OC(C)(C)C)CC2)nn(-c2ccc(Cl)cc2Cl)c1-c1ccc(Cl)cc1. The van der Waals surface area contributed by atoms with Crippen LogP contribution in [-0.4, -0.2) is 88.4 Å². The first-order chi connectivity index (χ1) is 18.8. The molecule has 0 radical (unpaired) electrons. The summed E-state index contributed by atoms with van der Waals surface area (Å²) in [6, 6.07) is 12.5. The van der Waals surface area contributed by atoms with Crippen molar-refractivity contribution in [1.82, 2.24) is 24.5 Å². The van der Waals surface area contributed by atoms with E-state index in [0.717, 1.165) is 16.8 Å². The second-order valence-electron chi connectivity index (χ2n) is 10.9. The molecule has 0 saturated carbocycles. The maximum Gasteiger partial charge on any atom is 0.410 e. The maximum absolute atomic E-state index is 13.6. The van der Waals surface area contributed by atoms with Crippen LogP contribution in [0.1, 0.15) is 36.8 Å². The number of halogens is 3. The molecule has 0 unspecified atom stereocenters. The van der Waals surface area contributed by atoms with Crippen molar-refractivity contribution in [2.45, 2.75) is 33.3 Å². The van der Waals surface area contributed by atoms with Gasteiger partial charge in [-0.05, 0) is 58.0 Å². The summed E-state index contributed by atoms with van der Waals surface area (Å²) in [5.41, 5.74) is 2.77. The lowest BCUT2D eigenvalue weighted by atomic mass is 10.1. The number of aromatic nitrogens is 2. The highest BCUT2D eigenvalue weighted by Crippen LogP contribution is 2.33. The van der Waals surface area contributed by atoms with Gasteiger partial charge in [-0.25, -0.2) is 9.48 Å². The number of nitrogens with zero attached hydrogens (tertiary/aromatic N) is 5. The molecule has 0 N–H and O–H groups in total. The molecule has 0 atom stereocenters. The molecule has 1 aromatic heterocycles. The number of hydrogen-bond acceptors (Lipinski definition) is 5. The van der Waals surface area contributed by atoms with Gasteiger partial charge in [-0.1, -0.05) is 46.9 Å². The van der Waals surface area contributed by atoms with Crippen LogP contribution in [0.15, 0.2) is 42.5 Å². The van der Waals surface area contributed by atoms with E-state index >= 15 is 0 Å². The van der Waals surface area contributed by atoms with Gasteiger partial charge in [0.1, 0.15) is 5.60 Å². The molecule has 4 rings (SSSR count). The zero-order valence-corrected chi connectivity index (χ0v) is 25.6. The first kappa shape index (κ1) is 30.2. The standard InChI is InChI=1S/C29H34Cl3N5O3/c1-19-25(27(38)34(5)12-13-35-14-16-36(17-15-35)28(39)40-29(2,3)4)33-37(24-11-10-22(31)18-23(24)32)26(19)20-6-8-21(30)9-7-20/h6-11,18H,12-17H2,1-5H3. The first-order valence-corrected chi connectivity index (χ1v) is 14.2. The molecular formula is C29H34Cl3N5O3. The Bertz CT molecular complexity index is 1380. The van der Waals surface area contributed by atoms with E-state index in [-0.39, 0.29) is 12.0 Å². The van der Waals surface area contributed by atoms with E-state index in [1.165, 1.54) is 0 Å². The lowest BCUT2D eigenvalue weighted by Gasteiger charge is -2.36. The predicted molar refractivity (Wildman–Crippen MR) is 160 cm³/mol. The third kappa shape index (κ3) is 7.10. The van der Waals surface area contributed by atoms with Crippen molar-refractivity contribution in [2.24, 2.45) is 0 Å². The first-order valence-electron chi connectivity index (χ1n) is 13.1. The summed E-state index contributed by atoms with van der Waals surface area (Å²) in [5.74, 6) is -0.191. The van der Waals surface area contributed by atoms with Crippen LogP contribution in [0.5, 0.6) is 0 Å². The van der Waals surface area contributed by atoms with E-state index < -0.39 is 5.60 Å². The molecule has 0 bridgehead atoms. The molecule has 0 spiro atoms. The van der Waals surface area contributed by atoms with E-state index in [9.17, 15) is 9.59 Å². The van der Waals surface area contributed by atoms with Crippen LogP contribution in [0.4, 0.5) is 4.79 Å². The van der Waals surface area contributed by atoms with Crippen molar-refractivity contribution in [3.05, 3.63) is 68.8 Å². The molecule has 0 aliphatic carbocycles. The van der Waals surface area contributed by atoms with Gasteiger partial charge in [0.2, 0.25) is 0 Å². The van der Waals surface area contributed by atoms with Crippen LogP contribution in [0.25, 0.3) is 16.9 Å². The van der Waals surface area contributed by atoms with Crippen LogP contribution in [0, 0.1) is 6.92 Å². The molecule has 3 aromatic rings. The molecule has 8 nitrogen and oxygen atoms in total. The van der Waals surface area contributed by atoms with E-state index in [0.29, 0.717) is 65.7 Å². The van der Waals surface area contributed by atoms with Gasteiger partial charge in [0.05, 0.1) is 16.4 Å². The second-order valence-corrected chi connectivity index (χ2v) is 12.2.